The number of hydrogen-bond acceptors (Lipinski definition) is 2. The monoisotopic (exact) mass is 404 g/mol. The number of unbranched alkanes of at least 4 members (excludes halogenated alkanes) is 15. The summed E-state index contributed by atoms with van der Waals surface area (Å²) in [5, 5.41) is 8.61. The van der Waals surface area contributed by atoms with E-state index in [0.29, 0.717) is 5.75 Å². The van der Waals surface area contributed by atoms with Gasteiger partial charge in [0.1, 0.15) is 5.75 Å². The van der Waals surface area contributed by atoms with E-state index < -0.39 is 5.97 Å². The molecular formula is C26H44O3. The van der Waals surface area contributed by atoms with Gasteiger partial charge in [-0.15, -0.1) is 0 Å². The van der Waals surface area contributed by atoms with Gasteiger partial charge in [-0.2, -0.15) is 0 Å². The third kappa shape index (κ3) is 16.0. The van der Waals surface area contributed by atoms with Crippen LogP contribution in [0.5, 0.6) is 5.75 Å². The summed E-state index contributed by atoms with van der Waals surface area (Å²) in [6.07, 6.45) is 23.4. The second kappa shape index (κ2) is 18.5. The van der Waals surface area contributed by atoms with Crippen LogP contribution in [0.15, 0.2) is 24.3 Å². The predicted octanol–water partition coefficient (Wildman–Crippen LogP) is 7.95. The Morgan fingerprint density at radius 2 is 1.10 bits per heavy atom. The van der Waals surface area contributed by atoms with Crippen LogP contribution in [-0.4, -0.2) is 17.7 Å². The molecule has 0 unspecified atom stereocenters. The lowest BCUT2D eigenvalue weighted by atomic mass is 10.0. The van der Waals surface area contributed by atoms with Crippen LogP contribution in [0.3, 0.4) is 0 Å². The highest BCUT2D eigenvalue weighted by atomic mass is 16.5. The minimum atomic E-state index is -0.942. The number of benzene rings is 1. The van der Waals surface area contributed by atoms with Gasteiger partial charge in [0.05, 0.1) is 0 Å². The molecule has 0 heterocycles. The number of hydrogen-bond donors (Lipinski definition) is 1. The standard InChI is InChI=1S/C26H44O3/c1-2-3-4-5-6-7-8-9-10-11-12-13-14-15-16-17-18-24-19-21-25(22-20-24)29-23-26(27)28/h19-22H,2-18,23H2,1H3,(H,27,28). The molecule has 1 N–H and O–H groups in total. The molecule has 3 heteroatoms. The van der Waals surface area contributed by atoms with Crippen molar-refractivity contribution in [3.63, 3.8) is 0 Å². The third-order valence-corrected chi connectivity index (χ3v) is 5.60. The number of rotatable bonds is 20. The van der Waals surface area contributed by atoms with E-state index in [1.807, 2.05) is 24.3 Å². The molecule has 0 atom stereocenters. The minimum absolute atomic E-state index is 0.279. The zero-order valence-electron chi connectivity index (χ0n) is 18.8. The highest BCUT2D eigenvalue weighted by Crippen LogP contribution is 2.16. The number of aryl methyl sites for hydroxylation is 1. The Morgan fingerprint density at radius 3 is 1.52 bits per heavy atom. The average Bonchev–Trinajstić information content (AvgIpc) is 2.72. The van der Waals surface area contributed by atoms with E-state index in [2.05, 4.69) is 6.92 Å². The number of aliphatic carboxylic acids is 1. The molecule has 0 amide bonds. The summed E-state index contributed by atoms with van der Waals surface area (Å²) in [7, 11) is 0. The zero-order valence-corrected chi connectivity index (χ0v) is 18.8. The van der Waals surface area contributed by atoms with Crippen LogP contribution in [0, 0.1) is 0 Å². The highest BCUT2D eigenvalue weighted by molar-refractivity contribution is 5.68. The summed E-state index contributed by atoms with van der Waals surface area (Å²) in [5.41, 5.74) is 1.30. The fourth-order valence-electron chi connectivity index (χ4n) is 3.77. The third-order valence-electron chi connectivity index (χ3n) is 5.60. The molecule has 0 aliphatic heterocycles. The largest absolute Gasteiger partial charge is 0.482 e. The SMILES string of the molecule is CCCCCCCCCCCCCCCCCCc1ccc(OCC(=O)O)cc1. The molecule has 0 bridgehead atoms. The van der Waals surface area contributed by atoms with Gasteiger partial charge >= 0.3 is 5.97 Å². The van der Waals surface area contributed by atoms with E-state index >= 15 is 0 Å². The molecular weight excluding hydrogens is 360 g/mol. The molecule has 0 aliphatic carbocycles. The van der Waals surface area contributed by atoms with Gasteiger partial charge in [0.25, 0.3) is 0 Å². The van der Waals surface area contributed by atoms with Crippen molar-refractivity contribution in [1.29, 1.82) is 0 Å². The predicted molar refractivity (Wildman–Crippen MR) is 123 cm³/mol. The molecule has 0 saturated heterocycles. The molecule has 0 saturated carbocycles. The van der Waals surface area contributed by atoms with Gasteiger partial charge < -0.3 is 9.84 Å². The molecule has 166 valence electrons. The normalized spacial score (nSPS) is 10.9. The Morgan fingerprint density at radius 1 is 0.690 bits per heavy atom. The van der Waals surface area contributed by atoms with Crippen molar-refractivity contribution < 1.29 is 14.6 Å². The maximum absolute atomic E-state index is 10.5. The number of ether oxygens (including phenoxy) is 1. The van der Waals surface area contributed by atoms with Gasteiger partial charge in [0.2, 0.25) is 0 Å². The van der Waals surface area contributed by atoms with Crippen molar-refractivity contribution in [3.05, 3.63) is 29.8 Å². The lowest BCUT2D eigenvalue weighted by molar-refractivity contribution is -0.139. The second-order valence-corrected chi connectivity index (χ2v) is 8.38. The van der Waals surface area contributed by atoms with Crippen LogP contribution >= 0.6 is 0 Å². The summed E-state index contributed by atoms with van der Waals surface area (Å²) in [4.78, 5) is 10.5. The van der Waals surface area contributed by atoms with Gasteiger partial charge in [-0.05, 0) is 30.5 Å². The van der Waals surface area contributed by atoms with Crippen molar-refractivity contribution in [1.82, 2.24) is 0 Å². The maximum atomic E-state index is 10.5. The van der Waals surface area contributed by atoms with Crippen molar-refractivity contribution in [2.45, 2.75) is 116 Å². The van der Waals surface area contributed by atoms with Crippen LogP contribution in [-0.2, 0) is 11.2 Å². The van der Waals surface area contributed by atoms with E-state index in [9.17, 15) is 4.79 Å². The summed E-state index contributed by atoms with van der Waals surface area (Å²) in [5.74, 6) is -0.314. The minimum Gasteiger partial charge on any atom is -0.482 e. The molecule has 0 radical (unpaired) electrons. The van der Waals surface area contributed by atoms with E-state index in [1.165, 1.54) is 108 Å². The molecule has 1 rings (SSSR count). The van der Waals surface area contributed by atoms with Crippen LogP contribution in [0.25, 0.3) is 0 Å². The van der Waals surface area contributed by atoms with Crippen LogP contribution in [0.2, 0.25) is 0 Å². The van der Waals surface area contributed by atoms with Crippen LogP contribution in [0.4, 0.5) is 0 Å². The zero-order chi connectivity index (χ0) is 21.0. The van der Waals surface area contributed by atoms with Crippen molar-refractivity contribution in [2.75, 3.05) is 6.61 Å². The van der Waals surface area contributed by atoms with E-state index in [1.54, 1.807) is 0 Å². The number of carboxylic acid groups (broad SMARTS) is 1. The van der Waals surface area contributed by atoms with E-state index in [4.69, 9.17) is 9.84 Å². The first-order valence-corrected chi connectivity index (χ1v) is 12.2. The van der Waals surface area contributed by atoms with Gasteiger partial charge in [-0.25, -0.2) is 4.79 Å². The maximum Gasteiger partial charge on any atom is 0.341 e. The Bertz CT molecular complexity index is 495. The molecule has 1 aromatic carbocycles. The molecule has 1 aromatic rings. The Hall–Kier alpha value is -1.51. The Labute approximate surface area is 179 Å². The Kier molecular flexibility index (Phi) is 16.3. The van der Waals surface area contributed by atoms with Crippen LogP contribution in [0.1, 0.15) is 115 Å². The fourth-order valence-corrected chi connectivity index (χ4v) is 3.77. The summed E-state index contributed by atoms with van der Waals surface area (Å²) in [6, 6.07) is 7.82. The van der Waals surface area contributed by atoms with E-state index in [0.717, 1.165) is 6.42 Å². The smallest absolute Gasteiger partial charge is 0.341 e. The van der Waals surface area contributed by atoms with E-state index in [-0.39, 0.29) is 6.61 Å². The summed E-state index contributed by atoms with van der Waals surface area (Å²) < 4.78 is 5.16. The lowest BCUT2D eigenvalue weighted by Crippen LogP contribution is -2.09. The molecule has 0 aromatic heterocycles. The van der Waals surface area contributed by atoms with Gasteiger partial charge in [0.15, 0.2) is 6.61 Å². The van der Waals surface area contributed by atoms with Crippen LogP contribution < -0.4 is 4.74 Å². The first kappa shape index (κ1) is 25.5. The molecule has 0 spiro atoms. The molecule has 0 aliphatic rings. The lowest BCUT2D eigenvalue weighted by Gasteiger charge is -2.06. The van der Waals surface area contributed by atoms with Crippen molar-refractivity contribution in [2.24, 2.45) is 0 Å². The summed E-state index contributed by atoms with van der Waals surface area (Å²) in [6.45, 7) is 2.00. The topological polar surface area (TPSA) is 46.5 Å². The molecule has 0 fully saturated rings. The number of carbonyl (C=O) groups is 1. The average molecular weight is 405 g/mol. The van der Waals surface area contributed by atoms with Crippen molar-refractivity contribution in [3.8, 4) is 5.75 Å². The molecule has 3 nitrogen and oxygen atoms in total. The van der Waals surface area contributed by atoms with Gasteiger partial charge in [-0.1, -0.05) is 115 Å². The quantitative estimate of drug-likeness (QED) is 0.224. The highest BCUT2D eigenvalue weighted by Gasteiger charge is 2.00. The Balaban J connectivity index is 1.83. The fraction of sp³-hybridized carbons (Fsp3) is 0.731. The van der Waals surface area contributed by atoms with Gasteiger partial charge in [-0.3, -0.25) is 0 Å². The molecule has 29 heavy (non-hydrogen) atoms. The first-order chi connectivity index (χ1) is 14.2. The first-order valence-electron chi connectivity index (χ1n) is 12.2. The second-order valence-electron chi connectivity index (χ2n) is 8.38. The summed E-state index contributed by atoms with van der Waals surface area (Å²) >= 11 is 0. The van der Waals surface area contributed by atoms with Gasteiger partial charge in [0, 0.05) is 0 Å². The van der Waals surface area contributed by atoms with Crippen molar-refractivity contribution >= 4 is 5.97 Å². The number of carboxylic acids is 1.